The fourth-order valence-electron chi connectivity index (χ4n) is 1.33. The lowest BCUT2D eigenvalue weighted by molar-refractivity contribution is -0.901. The van der Waals surface area contributed by atoms with E-state index in [0.717, 1.165) is 21.7 Å². The zero-order valence-corrected chi connectivity index (χ0v) is 8.19. The van der Waals surface area contributed by atoms with E-state index in [2.05, 4.69) is 0 Å². The van der Waals surface area contributed by atoms with Gasteiger partial charge in [-0.3, -0.25) is 5.21 Å². The zero-order valence-electron chi connectivity index (χ0n) is 8.19. The minimum Gasteiger partial charge on any atom is -0.400 e. The average molecular weight is 190 g/mol. The predicted molar refractivity (Wildman–Crippen MR) is 51.0 cm³/mol. The molecule has 2 aromatic rings. The Morgan fingerprint density at radius 1 is 1.14 bits per heavy atom. The number of aromatic nitrogens is 1. The Bertz CT molecular complexity index is 446. The number of hydrogen-bond acceptors (Lipinski definition) is 2. The van der Waals surface area contributed by atoms with Crippen LogP contribution in [0, 0.1) is 13.8 Å². The quantitative estimate of drug-likeness (QED) is 0.552. The van der Waals surface area contributed by atoms with Gasteiger partial charge < -0.3 is 4.42 Å². The highest BCUT2D eigenvalue weighted by Crippen LogP contribution is 2.18. The summed E-state index contributed by atoms with van der Waals surface area (Å²) in [6.45, 7) is 3.64. The maximum Gasteiger partial charge on any atom is 0.429 e. The molecular formula is C11H12NO2+. The fourth-order valence-corrected chi connectivity index (χ4v) is 1.33. The molecule has 0 unspecified atom stereocenters. The highest BCUT2D eigenvalue weighted by atomic mass is 16.5. The summed E-state index contributed by atoms with van der Waals surface area (Å²) in [4.78, 5) is 0. The molecule has 0 aliphatic rings. The van der Waals surface area contributed by atoms with E-state index in [0.29, 0.717) is 5.89 Å². The van der Waals surface area contributed by atoms with Crippen molar-refractivity contribution in [3.05, 3.63) is 41.8 Å². The van der Waals surface area contributed by atoms with Gasteiger partial charge in [-0.25, -0.2) is 0 Å². The van der Waals surface area contributed by atoms with Crippen LogP contribution in [0.2, 0.25) is 0 Å². The summed E-state index contributed by atoms with van der Waals surface area (Å²) in [7, 11) is 0. The van der Waals surface area contributed by atoms with Crippen molar-refractivity contribution in [1.82, 2.24) is 0 Å². The molecular weight excluding hydrogens is 178 g/mol. The molecule has 14 heavy (non-hydrogen) atoms. The van der Waals surface area contributed by atoms with Crippen LogP contribution in [0.25, 0.3) is 11.5 Å². The van der Waals surface area contributed by atoms with Gasteiger partial charge in [-0.1, -0.05) is 18.2 Å². The van der Waals surface area contributed by atoms with Crippen LogP contribution in [0.1, 0.15) is 11.5 Å². The third kappa shape index (κ3) is 1.27. The summed E-state index contributed by atoms with van der Waals surface area (Å²) in [5.41, 5.74) is 1.59. The normalized spacial score (nSPS) is 10.4. The van der Waals surface area contributed by atoms with E-state index in [-0.39, 0.29) is 0 Å². The summed E-state index contributed by atoms with van der Waals surface area (Å²) in [5, 5.41) is 9.69. The molecule has 0 aliphatic heterocycles. The van der Waals surface area contributed by atoms with Crippen LogP contribution in [-0.4, -0.2) is 5.21 Å². The Kier molecular flexibility index (Phi) is 2.00. The van der Waals surface area contributed by atoms with E-state index in [1.54, 1.807) is 0 Å². The standard InChI is InChI=1S/C11H12NO2/c1-8-9(2)14-11(12(8)13)10-6-4-3-5-7-10/h3-7,13H,1-2H3/q+1. The molecule has 3 heteroatoms. The monoisotopic (exact) mass is 190 g/mol. The number of aryl methyl sites for hydroxylation is 1. The first kappa shape index (κ1) is 8.81. The summed E-state index contributed by atoms with van der Waals surface area (Å²) in [6, 6.07) is 9.52. The van der Waals surface area contributed by atoms with Crippen molar-refractivity contribution >= 4 is 0 Å². The molecule has 0 saturated carbocycles. The Morgan fingerprint density at radius 3 is 2.29 bits per heavy atom. The largest absolute Gasteiger partial charge is 0.429 e. The Balaban J connectivity index is 2.58. The topological polar surface area (TPSA) is 37.2 Å². The summed E-state index contributed by atoms with van der Waals surface area (Å²) >= 11 is 0. The van der Waals surface area contributed by atoms with Crippen molar-refractivity contribution < 1.29 is 14.4 Å². The predicted octanol–water partition coefficient (Wildman–Crippen LogP) is 2.09. The van der Waals surface area contributed by atoms with Gasteiger partial charge in [0.2, 0.25) is 0 Å². The summed E-state index contributed by atoms with van der Waals surface area (Å²) in [6.07, 6.45) is 0. The van der Waals surface area contributed by atoms with E-state index in [1.165, 1.54) is 0 Å². The van der Waals surface area contributed by atoms with Crippen LogP contribution >= 0.6 is 0 Å². The molecule has 1 N–H and O–H groups in total. The van der Waals surface area contributed by atoms with Crippen LogP contribution < -0.4 is 4.73 Å². The molecule has 0 aliphatic carbocycles. The van der Waals surface area contributed by atoms with Crippen LogP contribution in [0.15, 0.2) is 34.7 Å². The third-order valence-electron chi connectivity index (χ3n) is 2.29. The minimum absolute atomic E-state index is 0.473. The molecule has 0 fully saturated rings. The molecule has 0 atom stereocenters. The summed E-state index contributed by atoms with van der Waals surface area (Å²) < 4.78 is 6.52. The molecule has 0 amide bonds. The second-order valence-corrected chi connectivity index (χ2v) is 3.23. The zero-order chi connectivity index (χ0) is 10.1. The fraction of sp³-hybridized carbons (Fsp3) is 0.182. The molecule has 72 valence electrons. The van der Waals surface area contributed by atoms with Crippen molar-refractivity contribution in [3.8, 4) is 11.5 Å². The van der Waals surface area contributed by atoms with Gasteiger partial charge >= 0.3 is 5.89 Å². The lowest BCUT2D eigenvalue weighted by atomic mass is 10.2. The molecule has 1 aromatic heterocycles. The molecule has 2 rings (SSSR count). The van der Waals surface area contributed by atoms with Gasteiger partial charge in [0.1, 0.15) is 0 Å². The highest BCUT2D eigenvalue weighted by molar-refractivity contribution is 5.49. The molecule has 0 spiro atoms. The van der Waals surface area contributed by atoms with E-state index in [9.17, 15) is 5.21 Å². The van der Waals surface area contributed by atoms with E-state index < -0.39 is 0 Å². The lowest BCUT2D eigenvalue weighted by Crippen LogP contribution is -2.33. The maximum atomic E-state index is 9.69. The first-order chi connectivity index (χ1) is 6.70. The third-order valence-corrected chi connectivity index (χ3v) is 2.29. The number of oxazole rings is 1. The maximum absolute atomic E-state index is 9.69. The van der Waals surface area contributed by atoms with Crippen molar-refractivity contribution in [2.24, 2.45) is 0 Å². The van der Waals surface area contributed by atoms with E-state index in [4.69, 9.17) is 4.42 Å². The molecule has 1 heterocycles. The van der Waals surface area contributed by atoms with Crippen LogP contribution in [0.5, 0.6) is 0 Å². The number of benzene rings is 1. The van der Waals surface area contributed by atoms with Gasteiger partial charge in [0.05, 0.1) is 10.3 Å². The Labute approximate surface area is 82.2 Å². The highest BCUT2D eigenvalue weighted by Gasteiger charge is 2.24. The van der Waals surface area contributed by atoms with Crippen molar-refractivity contribution in [2.45, 2.75) is 13.8 Å². The average Bonchev–Trinajstić information content (AvgIpc) is 2.47. The van der Waals surface area contributed by atoms with Gasteiger partial charge in [-0.15, -0.1) is 0 Å². The molecule has 0 radical (unpaired) electrons. The van der Waals surface area contributed by atoms with Gasteiger partial charge in [0, 0.05) is 13.8 Å². The minimum atomic E-state index is 0.473. The van der Waals surface area contributed by atoms with Gasteiger partial charge in [0.15, 0.2) is 5.76 Å². The Morgan fingerprint density at radius 2 is 1.79 bits per heavy atom. The van der Waals surface area contributed by atoms with Crippen molar-refractivity contribution in [1.29, 1.82) is 0 Å². The summed E-state index contributed by atoms with van der Waals surface area (Å²) in [5.74, 6) is 1.20. The smallest absolute Gasteiger partial charge is 0.400 e. The van der Waals surface area contributed by atoms with Crippen LogP contribution in [-0.2, 0) is 0 Å². The van der Waals surface area contributed by atoms with Gasteiger partial charge in [0.25, 0.3) is 5.69 Å². The molecule has 0 bridgehead atoms. The van der Waals surface area contributed by atoms with Gasteiger partial charge in [-0.05, 0) is 12.1 Å². The number of hydrogen-bond donors (Lipinski definition) is 1. The molecule has 0 saturated heterocycles. The van der Waals surface area contributed by atoms with Crippen LogP contribution in [0.4, 0.5) is 0 Å². The van der Waals surface area contributed by atoms with Crippen LogP contribution in [0.3, 0.4) is 0 Å². The lowest BCUT2D eigenvalue weighted by Gasteiger charge is -1.88. The van der Waals surface area contributed by atoms with Crippen molar-refractivity contribution in [3.63, 3.8) is 0 Å². The molecule has 1 aromatic carbocycles. The first-order valence-electron chi connectivity index (χ1n) is 4.47. The number of rotatable bonds is 1. The second kappa shape index (κ2) is 3.18. The number of nitrogens with zero attached hydrogens (tertiary/aromatic N) is 1. The second-order valence-electron chi connectivity index (χ2n) is 3.23. The first-order valence-corrected chi connectivity index (χ1v) is 4.47. The van der Waals surface area contributed by atoms with Gasteiger partial charge in [-0.2, -0.15) is 0 Å². The van der Waals surface area contributed by atoms with E-state index in [1.807, 2.05) is 44.2 Å². The van der Waals surface area contributed by atoms with Crippen molar-refractivity contribution in [2.75, 3.05) is 0 Å². The SMILES string of the molecule is Cc1oc(-c2ccccc2)[n+](O)c1C. The molecule has 3 nitrogen and oxygen atoms in total. The van der Waals surface area contributed by atoms with E-state index >= 15 is 0 Å². The Hall–Kier alpha value is -1.77.